The minimum atomic E-state index is -0.963. The summed E-state index contributed by atoms with van der Waals surface area (Å²) in [7, 11) is 3.59. The number of likely N-dealkylation sites (N-methyl/N-ethyl adjacent to an activating group) is 1. The van der Waals surface area contributed by atoms with Crippen molar-refractivity contribution >= 4 is 11.8 Å². The van der Waals surface area contributed by atoms with E-state index in [1.165, 1.54) is 0 Å². The molecule has 2 atom stereocenters. The molecule has 0 saturated carbocycles. The molecule has 0 bridgehead atoms. The third-order valence-electron chi connectivity index (χ3n) is 2.77. The van der Waals surface area contributed by atoms with Gasteiger partial charge in [-0.15, -0.1) is 0 Å². The van der Waals surface area contributed by atoms with Crippen LogP contribution in [0.15, 0.2) is 0 Å². The lowest BCUT2D eigenvalue weighted by molar-refractivity contribution is -0.130. The Kier molecular flexibility index (Phi) is 14.4. The Morgan fingerprint density at radius 1 is 1.10 bits per heavy atom. The summed E-state index contributed by atoms with van der Waals surface area (Å²) in [4.78, 5) is 23.5. The van der Waals surface area contributed by atoms with Crippen LogP contribution < -0.4 is 27.0 Å². The molecular formula is C13H31N5O3. The Morgan fingerprint density at radius 3 is 2.24 bits per heavy atom. The summed E-state index contributed by atoms with van der Waals surface area (Å²) < 4.78 is 0. The van der Waals surface area contributed by atoms with Crippen LogP contribution in [0.3, 0.4) is 0 Å². The lowest BCUT2D eigenvalue weighted by Crippen LogP contribution is -2.53. The van der Waals surface area contributed by atoms with E-state index in [2.05, 4.69) is 21.3 Å². The van der Waals surface area contributed by atoms with Crippen molar-refractivity contribution in [2.45, 2.75) is 32.4 Å². The van der Waals surface area contributed by atoms with Crippen molar-refractivity contribution in [2.75, 3.05) is 40.3 Å². The quantitative estimate of drug-likeness (QED) is 0.240. The molecule has 0 rings (SSSR count). The second kappa shape index (κ2) is 13.7. The van der Waals surface area contributed by atoms with Crippen molar-refractivity contribution in [3.8, 4) is 0 Å². The van der Waals surface area contributed by atoms with Crippen LogP contribution in [0.1, 0.15) is 20.3 Å². The van der Waals surface area contributed by atoms with Gasteiger partial charge >= 0.3 is 0 Å². The molecule has 0 aliphatic rings. The monoisotopic (exact) mass is 305 g/mol. The van der Waals surface area contributed by atoms with Gasteiger partial charge in [-0.25, -0.2) is 0 Å². The average molecular weight is 305 g/mol. The topological polar surface area (TPSA) is 129 Å². The number of nitrogens with one attached hydrogen (secondary N) is 4. The Balaban J connectivity index is 0. The van der Waals surface area contributed by atoms with Crippen molar-refractivity contribution < 1.29 is 14.7 Å². The predicted octanol–water partition coefficient (Wildman–Crippen LogP) is -2.24. The standard InChI is InChI=1S/C12H27N5O3.CH4/c1-14-5-3-4-9(13)11(19)17-10(8-18)12(20)16-7-6-15-2;/h9-10,14-15,18H,3-8,13H2,1-2H3,(H,16,20)(H,17,19);1H4/t9-,10-;/m0./s1. The largest absolute Gasteiger partial charge is 0.394 e. The van der Waals surface area contributed by atoms with E-state index in [1.807, 2.05) is 7.05 Å². The molecule has 7 N–H and O–H groups in total. The maximum atomic E-state index is 11.8. The number of aliphatic hydroxyl groups is 1. The fraction of sp³-hybridized carbons (Fsp3) is 0.846. The molecule has 21 heavy (non-hydrogen) atoms. The van der Waals surface area contributed by atoms with Gasteiger partial charge in [0.15, 0.2) is 0 Å². The molecule has 0 heterocycles. The SMILES string of the molecule is C.CNCCC[C@H](N)C(=O)N[C@@H](CO)C(=O)NCCNC. The van der Waals surface area contributed by atoms with Gasteiger partial charge in [0.1, 0.15) is 6.04 Å². The van der Waals surface area contributed by atoms with Crippen molar-refractivity contribution in [1.29, 1.82) is 0 Å². The predicted molar refractivity (Wildman–Crippen MR) is 83.8 cm³/mol. The molecule has 0 aromatic carbocycles. The molecule has 0 unspecified atom stereocenters. The lowest BCUT2D eigenvalue weighted by Gasteiger charge is -2.19. The number of nitrogens with two attached hydrogens (primary N) is 1. The van der Waals surface area contributed by atoms with Gasteiger partial charge in [0.25, 0.3) is 0 Å². The summed E-state index contributed by atoms with van der Waals surface area (Å²) in [5.74, 6) is -0.845. The second-order valence-corrected chi connectivity index (χ2v) is 4.49. The Morgan fingerprint density at radius 2 is 1.71 bits per heavy atom. The first-order valence-electron chi connectivity index (χ1n) is 6.80. The van der Waals surface area contributed by atoms with Crippen molar-refractivity contribution in [1.82, 2.24) is 21.3 Å². The van der Waals surface area contributed by atoms with E-state index >= 15 is 0 Å². The molecule has 0 fully saturated rings. The molecule has 0 aliphatic carbocycles. The van der Waals surface area contributed by atoms with Crippen molar-refractivity contribution in [3.05, 3.63) is 0 Å². The molecule has 0 saturated heterocycles. The van der Waals surface area contributed by atoms with Crippen LogP contribution in [0.4, 0.5) is 0 Å². The maximum Gasteiger partial charge on any atom is 0.245 e. The maximum absolute atomic E-state index is 11.8. The molecule has 0 aliphatic heterocycles. The number of carbonyl (C=O) groups excluding carboxylic acids is 2. The molecule has 0 radical (unpaired) electrons. The van der Waals surface area contributed by atoms with Crippen LogP contribution >= 0.6 is 0 Å². The average Bonchev–Trinajstić information content (AvgIpc) is 2.44. The fourth-order valence-electron chi connectivity index (χ4n) is 1.54. The number of rotatable bonds is 11. The van der Waals surface area contributed by atoms with Gasteiger partial charge in [0.05, 0.1) is 12.6 Å². The van der Waals surface area contributed by atoms with Crippen LogP contribution in [-0.2, 0) is 9.59 Å². The highest BCUT2D eigenvalue weighted by molar-refractivity contribution is 5.89. The molecule has 8 heteroatoms. The first kappa shape index (κ1) is 22.1. The summed E-state index contributed by atoms with van der Waals surface area (Å²) in [5, 5.41) is 20.1. The van der Waals surface area contributed by atoms with Gasteiger partial charge in [-0.05, 0) is 33.5 Å². The van der Waals surface area contributed by atoms with E-state index < -0.39 is 30.5 Å². The zero-order valence-electron chi connectivity index (χ0n) is 12.2. The second-order valence-electron chi connectivity index (χ2n) is 4.49. The highest BCUT2D eigenvalue weighted by Gasteiger charge is 2.22. The highest BCUT2D eigenvalue weighted by atomic mass is 16.3. The van der Waals surface area contributed by atoms with E-state index in [9.17, 15) is 9.59 Å². The fourth-order valence-corrected chi connectivity index (χ4v) is 1.54. The zero-order valence-corrected chi connectivity index (χ0v) is 12.2. The summed E-state index contributed by atoms with van der Waals surface area (Å²) >= 11 is 0. The number of hydrogen-bond acceptors (Lipinski definition) is 6. The number of amides is 2. The van der Waals surface area contributed by atoms with Crippen LogP contribution in [0.2, 0.25) is 0 Å². The first-order valence-corrected chi connectivity index (χ1v) is 6.80. The van der Waals surface area contributed by atoms with Crippen LogP contribution in [0.5, 0.6) is 0 Å². The molecule has 0 aromatic heterocycles. The van der Waals surface area contributed by atoms with Gasteiger partial charge in [0, 0.05) is 13.1 Å². The Bertz CT molecular complexity index is 289. The van der Waals surface area contributed by atoms with Gasteiger partial charge in [-0.3, -0.25) is 9.59 Å². The number of hydrogen-bond donors (Lipinski definition) is 6. The minimum absolute atomic E-state index is 0. The third kappa shape index (κ3) is 10.2. The Labute approximate surface area is 127 Å². The van der Waals surface area contributed by atoms with E-state index in [1.54, 1.807) is 7.05 Å². The lowest BCUT2D eigenvalue weighted by atomic mass is 10.1. The van der Waals surface area contributed by atoms with E-state index in [4.69, 9.17) is 10.8 Å². The highest BCUT2D eigenvalue weighted by Crippen LogP contribution is 1.95. The van der Waals surface area contributed by atoms with E-state index in [-0.39, 0.29) is 7.43 Å². The van der Waals surface area contributed by atoms with Gasteiger partial charge < -0.3 is 32.1 Å². The van der Waals surface area contributed by atoms with Crippen LogP contribution in [0, 0.1) is 0 Å². The summed E-state index contributed by atoms with van der Waals surface area (Å²) in [6, 6.07) is -1.64. The molecule has 8 nitrogen and oxygen atoms in total. The van der Waals surface area contributed by atoms with Gasteiger partial charge in [0.2, 0.25) is 11.8 Å². The third-order valence-corrected chi connectivity index (χ3v) is 2.77. The molecule has 2 amide bonds. The summed E-state index contributed by atoms with van der Waals surface area (Å²) in [6.45, 7) is 1.35. The molecule has 0 aromatic rings. The molecule has 126 valence electrons. The van der Waals surface area contributed by atoms with E-state index in [0.29, 0.717) is 19.5 Å². The van der Waals surface area contributed by atoms with Gasteiger partial charge in [-0.2, -0.15) is 0 Å². The smallest absolute Gasteiger partial charge is 0.245 e. The first-order chi connectivity index (χ1) is 9.56. The number of carbonyl (C=O) groups is 2. The Hall–Kier alpha value is -1.22. The molecule has 0 spiro atoms. The number of aliphatic hydroxyl groups excluding tert-OH is 1. The van der Waals surface area contributed by atoms with Crippen molar-refractivity contribution in [2.24, 2.45) is 5.73 Å². The summed E-state index contributed by atoms with van der Waals surface area (Å²) in [5.41, 5.74) is 5.72. The van der Waals surface area contributed by atoms with Crippen molar-refractivity contribution in [3.63, 3.8) is 0 Å². The van der Waals surface area contributed by atoms with E-state index in [0.717, 1.165) is 13.0 Å². The normalized spacial score (nSPS) is 13.0. The summed E-state index contributed by atoms with van der Waals surface area (Å²) in [6.07, 6.45) is 1.29. The minimum Gasteiger partial charge on any atom is -0.394 e. The van der Waals surface area contributed by atoms with Gasteiger partial charge in [-0.1, -0.05) is 7.43 Å². The van der Waals surface area contributed by atoms with Crippen LogP contribution in [0.25, 0.3) is 0 Å². The molecular weight excluding hydrogens is 274 g/mol. The zero-order chi connectivity index (χ0) is 15.4. The van der Waals surface area contributed by atoms with Crippen LogP contribution in [-0.4, -0.2) is 69.3 Å².